The topological polar surface area (TPSA) is 92.5 Å². The molecule has 0 amide bonds. The number of hydrogen-bond donors (Lipinski definition) is 0. The lowest BCUT2D eigenvalue weighted by Gasteiger charge is -2.13. The van der Waals surface area contributed by atoms with Gasteiger partial charge in [0, 0.05) is 18.9 Å². The van der Waals surface area contributed by atoms with Gasteiger partial charge in [-0.2, -0.15) is 4.98 Å². The number of carbonyl (C=O) groups is 1. The third kappa shape index (κ3) is 2.61. The largest absolute Gasteiger partial charge is 0.467 e. The first-order valence-corrected chi connectivity index (χ1v) is 9.20. The summed E-state index contributed by atoms with van der Waals surface area (Å²) in [6.45, 7) is 3.31. The van der Waals surface area contributed by atoms with E-state index in [9.17, 15) is 14.4 Å². The number of imidazole rings is 2. The number of halogens is 1. The first-order valence-electron chi connectivity index (χ1n) is 8.82. The Labute approximate surface area is 169 Å². The fourth-order valence-corrected chi connectivity index (χ4v) is 3.75. The summed E-state index contributed by atoms with van der Waals surface area (Å²) in [5.41, 5.74) is 0.622. The Hall–Kier alpha value is -3.33. The molecule has 0 saturated carbocycles. The summed E-state index contributed by atoms with van der Waals surface area (Å²) in [6, 6.07) is 6.19. The average molecular weight is 416 g/mol. The van der Waals surface area contributed by atoms with E-state index in [1.807, 2.05) is 25.1 Å². The van der Waals surface area contributed by atoms with Crippen molar-refractivity contribution in [2.45, 2.75) is 19.9 Å². The zero-order chi connectivity index (χ0) is 21.0. The van der Waals surface area contributed by atoms with Crippen LogP contribution in [-0.4, -0.2) is 36.2 Å². The number of aromatic nitrogens is 5. The Morgan fingerprint density at radius 1 is 1.24 bits per heavy atom. The molecule has 3 aromatic heterocycles. The van der Waals surface area contributed by atoms with Crippen LogP contribution in [0.3, 0.4) is 0 Å². The fourth-order valence-electron chi connectivity index (χ4n) is 3.53. The van der Waals surface area contributed by atoms with Crippen molar-refractivity contribution in [1.82, 2.24) is 23.1 Å². The standard InChI is InChI=1S/C19H18ClN5O4/c1-10-9-23-14-15(21-18(23)24(10)13-8-6-5-7-12(13)20)22(3)19(28)25(16(14)26)11(2)17(27)29-4/h5-9,11H,1-4H3/t11-/m1/s1. The SMILES string of the molecule is COC(=O)[C@@H](C)n1c(=O)c2c(nc3n(-c4ccccc4Cl)c(C)cn23)n(C)c1=O. The molecule has 0 spiro atoms. The van der Waals surface area contributed by atoms with Crippen molar-refractivity contribution >= 4 is 34.5 Å². The van der Waals surface area contributed by atoms with Gasteiger partial charge in [-0.15, -0.1) is 0 Å². The summed E-state index contributed by atoms with van der Waals surface area (Å²) < 4.78 is 10.2. The number of rotatable bonds is 3. The van der Waals surface area contributed by atoms with E-state index in [-0.39, 0.29) is 11.2 Å². The molecule has 150 valence electrons. The van der Waals surface area contributed by atoms with Crippen molar-refractivity contribution in [3.05, 3.63) is 62.0 Å². The number of esters is 1. The second-order valence-electron chi connectivity index (χ2n) is 6.73. The van der Waals surface area contributed by atoms with E-state index < -0.39 is 23.3 Å². The summed E-state index contributed by atoms with van der Waals surface area (Å²) in [5.74, 6) is -0.254. The molecule has 0 bridgehead atoms. The van der Waals surface area contributed by atoms with E-state index >= 15 is 0 Å². The van der Waals surface area contributed by atoms with E-state index in [1.54, 1.807) is 21.2 Å². The molecule has 0 radical (unpaired) electrons. The van der Waals surface area contributed by atoms with Crippen molar-refractivity contribution in [2.75, 3.05) is 7.11 Å². The lowest BCUT2D eigenvalue weighted by Crippen LogP contribution is -2.43. The van der Waals surface area contributed by atoms with Crippen LogP contribution >= 0.6 is 11.6 Å². The van der Waals surface area contributed by atoms with Crippen molar-refractivity contribution in [3.8, 4) is 5.69 Å². The zero-order valence-corrected chi connectivity index (χ0v) is 17.0. The molecule has 1 atom stereocenters. The summed E-state index contributed by atoms with van der Waals surface area (Å²) >= 11 is 6.36. The highest BCUT2D eigenvalue weighted by Crippen LogP contribution is 2.26. The number of nitrogens with zero attached hydrogens (tertiary/aromatic N) is 5. The third-order valence-corrected chi connectivity index (χ3v) is 5.32. The molecule has 1 aromatic carbocycles. The first kappa shape index (κ1) is 19.0. The molecule has 0 N–H and O–H groups in total. The molecule has 0 aliphatic heterocycles. The van der Waals surface area contributed by atoms with Crippen molar-refractivity contribution in [3.63, 3.8) is 0 Å². The number of para-hydroxylation sites is 1. The molecule has 10 heteroatoms. The minimum Gasteiger partial charge on any atom is -0.467 e. The summed E-state index contributed by atoms with van der Waals surface area (Å²) in [7, 11) is 2.71. The molecule has 4 aromatic rings. The van der Waals surface area contributed by atoms with Gasteiger partial charge in [0.05, 0.1) is 17.8 Å². The number of hydrogen-bond acceptors (Lipinski definition) is 5. The summed E-state index contributed by atoms with van der Waals surface area (Å²) in [5, 5.41) is 0.520. The first-order chi connectivity index (χ1) is 13.8. The zero-order valence-electron chi connectivity index (χ0n) is 16.2. The Bertz CT molecular complexity index is 1410. The van der Waals surface area contributed by atoms with Crippen LogP contribution in [0.2, 0.25) is 5.02 Å². The molecule has 9 nitrogen and oxygen atoms in total. The molecular weight excluding hydrogens is 398 g/mol. The van der Waals surface area contributed by atoms with Crippen LogP contribution in [0.5, 0.6) is 0 Å². The predicted octanol–water partition coefficient (Wildman–Crippen LogP) is 1.83. The normalized spacial score (nSPS) is 12.6. The van der Waals surface area contributed by atoms with Crippen LogP contribution in [0.1, 0.15) is 18.7 Å². The Morgan fingerprint density at radius 2 is 1.93 bits per heavy atom. The number of methoxy groups -OCH3 is 1. The van der Waals surface area contributed by atoms with Gasteiger partial charge < -0.3 is 4.74 Å². The second-order valence-corrected chi connectivity index (χ2v) is 7.13. The molecule has 0 saturated heterocycles. The fraction of sp³-hybridized carbons (Fsp3) is 0.263. The summed E-state index contributed by atoms with van der Waals surface area (Å²) in [4.78, 5) is 42.5. The van der Waals surface area contributed by atoms with E-state index in [0.717, 1.165) is 10.3 Å². The van der Waals surface area contributed by atoms with Gasteiger partial charge in [-0.1, -0.05) is 23.7 Å². The third-order valence-electron chi connectivity index (χ3n) is 5.00. The quantitative estimate of drug-likeness (QED) is 0.476. The molecular formula is C19H18ClN5O4. The Morgan fingerprint density at radius 3 is 2.59 bits per heavy atom. The van der Waals surface area contributed by atoms with Crippen LogP contribution in [0.25, 0.3) is 22.6 Å². The van der Waals surface area contributed by atoms with Crippen molar-refractivity contribution < 1.29 is 9.53 Å². The van der Waals surface area contributed by atoms with Gasteiger partial charge in [0.25, 0.3) is 5.56 Å². The van der Waals surface area contributed by atoms with Gasteiger partial charge in [-0.25, -0.2) is 14.2 Å². The van der Waals surface area contributed by atoms with E-state index in [0.29, 0.717) is 16.5 Å². The maximum atomic E-state index is 13.2. The molecule has 4 rings (SSSR count). The Balaban J connectivity index is 2.14. The number of fused-ring (bicyclic) bond motifs is 3. The van der Waals surface area contributed by atoms with Gasteiger partial charge in [0.1, 0.15) is 6.04 Å². The van der Waals surface area contributed by atoms with Gasteiger partial charge in [-0.3, -0.25) is 18.3 Å². The van der Waals surface area contributed by atoms with Crippen LogP contribution in [0.4, 0.5) is 0 Å². The van der Waals surface area contributed by atoms with Crippen molar-refractivity contribution in [2.24, 2.45) is 7.05 Å². The van der Waals surface area contributed by atoms with E-state index in [2.05, 4.69) is 4.98 Å². The number of aryl methyl sites for hydroxylation is 2. The lowest BCUT2D eigenvalue weighted by molar-refractivity contribution is -0.144. The average Bonchev–Trinajstić information content (AvgIpc) is 3.21. The number of benzene rings is 1. The second kappa shape index (κ2) is 6.63. The molecule has 0 aliphatic carbocycles. The van der Waals surface area contributed by atoms with Gasteiger partial charge in [0.15, 0.2) is 11.2 Å². The van der Waals surface area contributed by atoms with E-state index in [4.69, 9.17) is 16.3 Å². The number of ether oxygens (including phenoxy) is 1. The van der Waals surface area contributed by atoms with Gasteiger partial charge in [0.2, 0.25) is 5.78 Å². The maximum Gasteiger partial charge on any atom is 0.333 e. The monoisotopic (exact) mass is 415 g/mol. The predicted molar refractivity (Wildman–Crippen MR) is 108 cm³/mol. The highest BCUT2D eigenvalue weighted by atomic mass is 35.5. The summed E-state index contributed by atoms with van der Waals surface area (Å²) in [6.07, 6.45) is 1.74. The van der Waals surface area contributed by atoms with Gasteiger partial charge in [-0.05, 0) is 26.0 Å². The smallest absolute Gasteiger partial charge is 0.333 e. The molecule has 0 aliphatic rings. The minimum atomic E-state index is -1.08. The van der Waals surface area contributed by atoms with E-state index in [1.165, 1.54) is 25.6 Å². The highest BCUT2D eigenvalue weighted by Gasteiger charge is 2.26. The van der Waals surface area contributed by atoms with Crippen LogP contribution < -0.4 is 11.2 Å². The minimum absolute atomic E-state index is 0.187. The number of carbonyl (C=O) groups excluding carboxylic acids is 1. The maximum absolute atomic E-state index is 13.2. The van der Waals surface area contributed by atoms with Crippen LogP contribution in [-0.2, 0) is 16.6 Å². The molecule has 0 fully saturated rings. The van der Waals surface area contributed by atoms with Crippen molar-refractivity contribution in [1.29, 1.82) is 0 Å². The van der Waals surface area contributed by atoms with Crippen LogP contribution in [0, 0.1) is 6.92 Å². The lowest BCUT2D eigenvalue weighted by atomic mass is 10.3. The Kier molecular flexibility index (Phi) is 4.34. The molecule has 29 heavy (non-hydrogen) atoms. The molecule has 0 unspecified atom stereocenters. The van der Waals surface area contributed by atoms with Gasteiger partial charge >= 0.3 is 11.7 Å². The highest BCUT2D eigenvalue weighted by molar-refractivity contribution is 6.32. The molecule has 3 heterocycles. The van der Waals surface area contributed by atoms with Crippen LogP contribution in [0.15, 0.2) is 40.1 Å².